The molecule has 0 rings (SSSR count). The SMILES string of the molecule is [CH2]C([CH2+])(C)OC(=O)NCC#[O+]. The molecule has 0 spiro atoms. The molecular formula is C7H10NO3+2. The third-order valence-electron chi connectivity index (χ3n) is 0.644. The van der Waals surface area contributed by atoms with Crippen LogP contribution in [0.25, 0.3) is 0 Å². The predicted octanol–water partition coefficient (Wildman–Crippen LogP) is 0.529. The molecule has 4 heteroatoms. The molecule has 0 bridgehead atoms. The first kappa shape index (κ1) is 9.88. The molecule has 1 N–H and O–H groups in total. The Hall–Kier alpha value is -1.12. The Morgan fingerprint density at radius 2 is 2.55 bits per heavy atom. The third kappa shape index (κ3) is 6.77. The molecule has 1 radical (unpaired) electrons. The van der Waals surface area contributed by atoms with Crippen LogP contribution in [0.15, 0.2) is 0 Å². The van der Waals surface area contributed by atoms with Gasteiger partial charge in [-0.15, -0.1) is 0 Å². The van der Waals surface area contributed by atoms with Crippen LogP contribution in [0.1, 0.15) is 6.92 Å². The van der Waals surface area contributed by atoms with Crippen molar-refractivity contribution in [3.05, 3.63) is 13.8 Å². The standard InChI is InChI=1S/C7H9NO3/c1-7(2,3)11-6(10)8-4-5-9/h1-2,4H2,3H3/q+1/p+1. The van der Waals surface area contributed by atoms with Gasteiger partial charge in [-0.2, -0.15) is 0 Å². The molecule has 0 aromatic heterocycles. The van der Waals surface area contributed by atoms with Crippen molar-refractivity contribution in [3.8, 4) is 6.15 Å². The zero-order chi connectivity index (χ0) is 8.91. The van der Waals surface area contributed by atoms with E-state index in [1.165, 1.54) is 13.1 Å². The summed E-state index contributed by atoms with van der Waals surface area (Å²) in [7, 11) is 0. The van der Waals surface area contributed by atoms with Crippen LogP contribution in [0.3, 0.4) is 0 Å². The maximum absolute atomic E-state index is 10.6. The quantitative estimate of drug-likeness (QED) is 0.468. The number of carbonyl (C=O) groups excluding carboxylic acids is 1. The van der Waals surface area contributed by atoms with E-state index < -0.39 is 11.7 Å². The Morgan fingerprint density at radius 3 is 2.91 bits per heavy atom. The number of carbonyl (C=O) groups is 1. The van der Waals surface area contributed by atoms with Gasteiger partial charge >= 0.3 is 64.7 Å². The van der Waals surface area contributed by atoms with Gasteiger partial charge in [0, 0.05) is 0 Å². The summed E-state index contributed by atoms with van der Waals surface area (Å²) in [5, 5.41) is 2.12. The second-order valence-electron chi connectivity index (χ2n) is 2.34. The monoisotopic (exact) mass is 156 g/mol. The van der Waals surface area contributed by atoms with Crippen molar-refractivity contribution in [1.29, 1.82) is 0 Å². The molecule has 0 aliphatic rings. The third-order valence-corrected chi connectivity index (χ3v) is 0.644. The van der Waals surface area contributed by atoms with E-state index in [1.54, 1.807) is 0 Å². The second kappa shape index (κ2) is 3.91. The van der Waals surface area contributed by atoms with E-state index in [0.29, 0.717) is 0 Å². The van der Waals surface area contributed by atoms with Crippen molar-refractivity contribution >= 4 is 6.09 Å². The topological polar surface area (TPSA) is 58.2 Å². The van der Waals surface area contributed by atoms with Gasteiger partial charge < -0.3 is 0 Å². The molecule has 0 aromatic rings. The van der Waals surface area contributed by atoms with Crippen LogP contribution >= 0.6 is 0 Å². The molecule has 0 aliphatic carbocycles. The summed E-state index contributed by atoms with van der Waals surface area (Å²) in [4.78, 5) is 10.6. The van der Waals surface area contributed by atoms with Gasteiger partial charge in [-0.25, -0.2) is 0 Å². The molecule has 0 aliphatic heterocycles. The fourth-order valence-electron chi connectivity index (χ4n) is 0.368. The van der Waals surface area contributed by atoms with E-state index in [2.05, 4.69) is 23.9 Å². The van der Waals surface area contributed by atoms with E-state index in [9.17, 15) is 9.45 Å². The van der Waals surface area contributed by atoms with Crippen LogP contribution in [0.4, 0.5) is 4.79 Å². The Balaban J connectivity index is 3.64. The zero-order valence-corrected chi connectivity index (χ0v) is 6.35. The van der Waals surface area contributed by atoms with E-state index in [1.807, 2.05) is 0 Å². The molecule has 0 unspecified atom stereocenters. The van der Waals surface area contributed by atoms with Crippen LogP contribution in [0, 0.1) is 20.0 Å². The normalized spacial score (nSPS) is 9.91. The Bertz CT molecular complexity index is 175. The summed E-state index contributed by atoms with van der Waals surface area (Å²) in [6.07, 6.45) is 0.760. The number of hydrogen-bond donors (Lipinski definition) is 1. The van der Waals surface area contributed by atoms with Crippen molar-refractivity contribution in [2.45, 2.75) is 12.5 Å². The predicted molar refractivity (Wildman–Crippen MR) is 38.2 cm³/mol. The number of rotatable bonds is 2. The minimum atomic E-state index is -1.02. The van der Waals surface area contributed by atoms with E-state index >= 15 is 0 Å². The van der Waals surface area contributed by atoms with Gasteiger partial charge in [-0.05, 0) is 0 Å². The molecule has 4 nitrogen and oxygen atoms in total. The summed E-state index contributed by atoms with van der Waals surface area (Å²) < 4.78 is 14.2. The number of hydrogen-bond acceptors (Lipinski definition) is 2. The van der Waals surface area contributed by atoms with Gasteiger partial charge in [0.2, 0.25) is 0 Å². The van der Waals surface area contributed by atoms with E-state index in [-0.39, 0.29) is 6.54 Å². The first-order chi connectivity index (χ1) is 4.95. The van der Waals surface area contributed by atoms with Crippen LogP contribution in [-0.4, -0.2) is 18.2 Å². The maximum atomic E-state index is 10.6. The Kier molecular flexibility index (Phi) is 3.51. The van der Waals surface area contributed by atoms with E-state index in [4.69, 9.17) is 0 Å². The zero-order valence-electron chi connectivity index (χ0n) is 6.35. The average Bonchev–Trinajstić information content (AvgIpc) is 1.79. The summed E-state index contributed by atoms with van der Waals surface area (Å²) in [6, 6.07) is 0. The van der Waals surface area contributed by atoms with Crippen molar-refractivity contribution in [1.82, 2.24) is 5.32 Å². The first-order valence-corrected chi connectivity index (χ1v) is 2.98. The fourth-order valence-corrected chi connectivity index (χ4v) is 0.368. The van der Waals surface area contributed by atoms with Gasteiger partial charge in [0.25, 0.3) is 0 Å². The van der Waals surface area contributed by atoms with E-state index in [0.717, 1.165) is 0 Å². The van der Waals surface area contributed by atoms with Crippen molar-refractivity contribution < 1.29 is 14.2 Å². The van der Waals surface area contributed by atoms with Crippen LogP contribution in [-0.2, 0) is 9.39 Å². The van der Waals surface area contributed by atoms with Crippen LogP contribution < -0.4 is 5.32 Å². The van der Waals surface area contributed by atoms with Crippen LogP contribution in [0.5, 0.6) is 0 Å². The summed E-state index contributed by atoms with van der Waals surface area (Å²) in [6.45, 7) is 8.19. The van der Waals surface area contributed by atoms with Crippen molar-refractivity contribution in [2.75, 3.05) is 6.54 Å². The molecule has 0 heterocycles. The molecule has 11 heavy (non-hydrogen) atoms. The van der Waals surface area contributed by atoms with Crippen molar-refractivity contribution in [2.24, 2.45) is 0 Å². The number of alkyl carbamates (subject to hydrolysis) is 1. The molecule has 1 amide bonds. The van der Waals surface area contributed by atoms with Gasteiger partial charge in [0.1, 0.15) is 0 Å². The summed E-state index contributed by atoms with van der Waals surface area (Å²) >= 11 is 0. The first-order valence-electron chi connectivity index (χ1n) is 2.98. The second-order valence-corrected chi connectivity index (χ2v) is 2.34. The van der Waals surface area contributed by atoms with Crippen LogP contribution in [0.2, 0.25) is 0 Å². The van der Waals surface area contributed by atoms with Gasteiger partial charge in [-0.1, -0.05) is 0 Å². The number of ether oxygens (including phenoxy) is 1. The molecule has 0 saturated carbocycles. The van der Waals surface area contributed by atoms with Crippen molar-refractivity contribution in [3.63, 3.8) is 0 Å². The average molecular weight is 156 g/mol. The summed E-state index contributed by atoms with van der Waals surface area (Å²) in [5.41, 5.74) is -1.02. The molecule has 0 atom stereocenters. The number of amides is 1. The van der Waals surface area contributed by atoms with Gasteiger partial charge in [0.15, 0.2) is 0 Å². The summed E-state index contributed by atoms with van der Waals surface area (Å²) in [5.74, 6) is 0. The molecule has 0 saturated heterocycles. The minimum absolute atomic E-state index is 0.186. The molecule has 59 valence electrons. The van der Waals surface area contributed by atoms with Gasteiger partial charge in [0.05, 0.1) is 0 Å². The Morgan fingerprint density at radius 1 is 2.00 bits per heavy atom. The molecule has 0 fully saturated rings. The Labute approximate surface area is 65.6 Å². The van der Waals surface area contributed by atoms with Gasteiger partial charge in [-0.3, -0.25) is 0 Å². The molecular weight excluding hydrogens is 146 g/mol. The number of nitrogens with one attached hydrogen (secondary N) is 1. The fraction of sp³-hybridized carbons (Fsp3) is 0.429. The molecule has 0 aromatic carbocycles.